The fraction of sp³-hybridized carbons (Fsp3) is 0.0857. The van der Waals surface area contributed by atoms with Gasteiger partial charge in [-0.15, -0.1) is 0 Å². The van der Waals surface area contributed by atoms with Crippen LogP contribution in [0.3, 0.4) is 0 Å². The highest BCUT2D eigenvalue weighted by molar-refractivity contribution is 6.12. The minimum absolute atomic E-state index is 0.531. The van der Waals surface area contributed by atoms with Gasteiger partial charge in [0.25, 0.3) is 0 Å². The maximum Gasteiger partial charge on any atom is 0.164 e. The molecule has 0 aliphatic carbocycles. The SMILES string of the molecule is Cc1cc(C)c(-c2ccc3c(c2)c2ccccc2n3-c2ccc(C#N)c(-c3cc(-c4nc(-c5ccccc5)nc(-c5ccccc5)n4)ccc3-n3c4ccccc4c4cc(-c5c(C)cc(C)cc5C)ccc43)c2)c(C)c1. The van der Waals surface area contributed by atoms with Crippen LogP contribution in [0.15, 0.2) is 206 Å². The molecule has 0 spiro atoms. The number of rotatable bonds is 8. The van der Waals surface area contributed by atoms with Crippen molar-refractivity contribution < 1.29 is 0 Å². The van der Waals surface area contributed by atoms with E-state index >= 15 is 0 Å². The second kappa shape index (κ2) is 18.3. The van der Waals surface area contributed by atoms with Crippen LogP contribution < -0.4 is 0 Å². The molecule has 6 heteroatoms. The topological polar surface area (TPSA) is 72.3 Å². The van der Waals surface area contributed by atoms with Gasteiger partial charge in [0.15, 0.2) is 17.5 Å². The van der Waals surface area contributed by atoms with E-state index < -0.39 is 0 Å². The van der Waals surface area contributed by atoms with Crippen LogP contribution in [0.25, 0.3) is 123 Å². The molecule has 362 valence electrons. The van der Waals surface area contributed by atoms with E-state index in [4.69, 9.17) is 15.0 Å². The van der Waals surface area contributed by atoms with Crippen LogP contribution in [0, 0.1) is 52.9 Å². The molecule has 13 aromatic rings. The molecule has 0 bridgehead atoms. The maximum absolute atomic E-state index is 11.2. The molecule has 0 saturated heterocycles. The van der Waals surface area contributed by atoms with E-state index in [1.165, 1.54) is 61.0 Å². The van der Waals surface area contributed by atoms with Crippen molar-refractivity contribution >= 4 is 43.6 Å². The molecule has 0 fully saturated rings. The molecule has 0 amide bonds. The lowest BCUT2D eigenvalue weighted by molar-refractivity contribution is 1.07. The Hall–Kier alpha value is -9.70. The van der Waals surface area contributed by atoms with Gasteiger partial charge in [0, 0.05) is 55.0 Å². The molecule has 0 aliphatic heterocycles. The Morgan fingerprint density at radius 3 is 1.29 bits per heavy atom. The predicted octanol–water partition coefficient (Wildman–Crippen LogP) is 17.8. The summed E-state index contributed by atoms with van der Waals surface area (Å²) >= 11 is 0. The van der Waals surface area contributed by atoms with Crippen molar-refractivity contribution in [2.45, 2.75) is 41.5 Å². The predicted molar refractivity (Wildman–Crippen MR) is 314 cm³/mol. The number of hydrogen-bond donors (Lipinski definition) is 0. The molecule has 76 heavy (non-hydrogen) atoms. The molecule has 0 aliphatic rings. The molecular weight excluding hydrogens is 925 g/mol. The zero-order valence-electron chi connectivity index (χ0n) is 43.3. The molecular formula is C70H52N6. The minimum atomic E-state index is 0.531. The Balaban J connectivity index is 1.07. The quantitative estimate of drug-likeness (QED) is 0.152. The van der Waals surface area contributed by atoms with Gasteiger partial charge in [-0.25, -0.2) is 15.0 Å². The molecule has 3 heterocycles. The first-order valence-electron chi connectivity index (χ1n) is 25.9. The summed E-state index contributed by atoms with van der Waals surface area (Å²) in [5.74, 6) is 1.69. The van der Waals surface area contributed by atoms with E-state index in [-0.39, 0.29) is 0 Å². The van der Waals surface area contributed by atoms with Gasteiger partial charge >= 0.3 is 0 Å². The van der Waals surface area contributed by atoms with Gasteiger partial charge in [-0.1, -0.05) is 145 Å². The van der Waals surface area contributed by atoms with Crippen LogP contribution in [0.1, 0.15) is 38.9 Å². The lowest BCUT2D eigenvalue weighted by Gasteiger charge is -2.18. The maximum atomic E-state index is 11.2. The molecule has 3 aromatic heterocycles. The number of hydrogen-bond acceptors (Lipinski definition) is 4. The summed E-state index contributed by atoms with van der Waals surface area (Å²) in [6, 6.07) is 75.6. The monoisotopic (exact) mass is 976 g/mol. The van der Waals surface area contributed by atoms with E-state index in [0.717, 1.165) is 77.4 Å². The zero-order chi connectivity index (χ0) is 51.8. The molecule has 13 rings (SSSR count). The Bertz CT molecular complexity index is 4430. The smallest absolute Gasteiger partial charge is 0.164 e. The largest absolute Gasteiger partial charge is 0.309 e. The van der Waals surface area contributed by atoms with Crippen molar-refractivity contribution in [1.82, 2.24) is 24.1 Å². The highest BCUT2D eigenvalue weighted by Crippen LogP contribution is 2.43. The third-order valence-corrected chi connectivity index (χ3v) is 15.1. The normalized spacial score (nSPS) is 11.5. The van der Waals surface area contributed by atoms with Crippen molar-refractivity contribution in [3.05, 3.63) is 245 Å². The highest BCUT2D eigenvalue weighted by atomic mass is 15.0. The summed E-state index contributed by atoms with van der Waals surface area (Å²) in [6.07, 6.45) is 0. The van der Waals surface area contributed by atoms with E-state index in [1.54, 1.807) is 0 Å². The zero-order valence-corrected chi connectivity index (χ0v) is 43.3. The van der Waals surface area contributed by atoms with E-state index in [2.05, 4.69) is 196 Å². The molecule has 0 atom stereocenters. The van der Waals surface area contributed by atoms with Crippen LogP contribution in [0.4, 0.5) is 0 Å². The Labute approximate surface area is 442 Å². The number of aryl methyl sites for hydroxylation is 6. The molecule has 0 N–H and O–H groups in total. The van der Waals surface area contributed by atoms with Crippen molar-refractivity contribution in [3.8, 4) is 85.0 Å². The van der Waals surface area contributed by atoms with Gasteiger partial charge < -0.3 is 9.13 Å². The van der Waals surface area contributed by atoms with E-state index in [0.29, 0.717) is 23.0 Å². The van der Waals surface area contributed by atoms with Crippen molar-refractivity contribution in [2.24, 2.45) is 0 Å². The van der Waals surface area contributed by atoms with Gasteiger partial charge in [-0.2, -0.15) is 5.26 Å². The molecule has 0 radical (unpaired) electrons. The molecule has 6 nitrogen and oxygen atoms in total. The molecule has 10 aromatic carbocycles. The van der Waals surface area contributed by atoms with Gasteiger partial charge in [-0.3, -0.25) is 0 Å². The van der Waals surface area contributed by atoms with Crippen molar-refractivity contribution in [3.63, 3.8) is 0 Å². The number of fused-ring (bicyclic) bond motifs is 6. The number of benzene rings is 10. The van der Waals surface area contributed by atoms with Crippen LogP contribution in [-0.4, -0.2) is 24.1 Å². The lowest BCUT2D eigenvalue weighted by atomic mass is 9.93. The summed E-state index contributed by atoms with van der Waals surface area (Å²) < 4.78 is 4.71. The first-order valence-corrected chi connectivity index (χ1v) is 25.9. The Morgan fingerprint density at radius 2 is 0.776 bits per heavy atom. The summed E-state index contributed by atoms with van der Waals surface area (Å²) in [6.45, 7) is 13.2. The number of aromatic nitrogens is 5. The van der Waals surface area contributed by atoms with Crippen molar-refractivity contribution in [2.75, 3.05) is 0 Å². The second-order valence-electron chi connectivity index (χ2n) is 20.3. The van der Waals surface area contributed by atoms with Crippen LogP contribution in [-0.2, 0) is 0 Å². The van der Waals surface area contributed by atoms with Crippen LogP contribution >= 0.6 is 0 Å². The fourth-order valence-corrected chi connectivity index (χ4v) is 12.1. The highest BCUT2D eigenvalue weighted by Gasteiger charge is 2.23. The van der Waals surface area contributed by atoms with Crippen LogP contribution in [0.5, 0.6) is 0 Å². The average molecular weight is 977 g/mol. The van der Waals surface area contributed by atoms with Gasteiger partial charge in [0.1, 0.15) is 0 Å². The fourth-order valence-electron chi connectivity index (χ4n) is 12.1. The lowest BCUT2D eigenvalue weighted by Crippen LogP contribution is -2.03. The standard InChI is InChI=1S/C70H52N6/c1-42-33-44(3)66(45(4)34-42)50-26-30-63-58(37-50)55-21-13-15-23-61(55)75(63)54-29-25-53(41-71)57(40-54)60-39-52(70-73-68(48-17-9-7-10-18-48)72-69(74-70)49-19-11-8-12-20-49)28-32-65(60)76-62-24-16-14-22-56(62)59-38-51(27-31-64(59)76)67-46(5)35-43(2)36-47(67)6/h7-40H,1-6H3. The second-order valence-corrected chi connectivity index (χ2v) is 20.3. The summed E-state index contributed by atoms with van der Waals surface area (Å²) in [5, 5.41) is 15.8. The van der Waals surface area contributed by atoms with Crippen LogP contribution in [0.2, 0.25) is 0 Å². The van der Waals surface area contributed by atoms with Crippen molar-refractivity contribution in [1.29, 1.82) is 5.26 Å². The first kappa shape index (κ1) is 46.1. The number of nitriles is 1. The molecule has 0 unspecified atom stereocenters. The Kier molecular flexibility index (Phi) is 11.1. The first-order chi connectivity index (χ1) is 37.1. The van der Waals surface area contributed by atoms with E-state index in [9.17, 15) is 5.26 Å². The Morgan fingerprint density at radius 1 is 0.342 bits per heavy atom. The van der Waals surface area contributed by atoms with Gasteiger partial charge in [0.05, 0.1) is 39.4 Å². The van der Waals surface area contributed by atoms with E-state index in [1.807, 2.05) is 66.7 Å². The molecule has 0 saturated carbocycles. The van der Waals surface area contributed by atoms with Gasteiger partial charge in [0.2, 0.25) is 0 Å². The average Bonchev–Trinajstić information content (AvgIpc) is 4.09. The summed E-state index contributed by atoms with van der Waals surface area (Å²) in [4.78, 5) is 15.4. The third kappa shape index (κ3) is 7.75. The summed E-state index contributed by atoms with van der Waals surface area (Å²) in [7, 11) is 0. The number of nitrogens with zero attached hydrogens (tertiary/aromatic N) is 6. The minimum Gasteiger partial charge on any atom is -0.309 e. The van der Waals surface area contributed by atoms with Gasteiger partial charge in [-0.05, 0) is 159 Å². The summed E-state index contributed by atoms with van der Waals surface area (Å²) in [5.41, 5.74) is 23.4. The third-order valence-electron chi connectivity index (χ3n) is 15.1. The number of para-hydroxylation sites is 2.